The van der Waals surface area contributed by atoms with Crippen LogP contribution in [0.5, 0.6) is 0 Å². The van der Waals surface area contributed by atoms with Crippen LogP contribution >= 0.6 is 23.5 Å². The van der Waals surface area contributed by atoms with Crippen LogP contribution in [0.15, 0.2) is 0 Å². The van der Waals surface area contributed by atoms with Gasteiger partial charge < -0.3 is 9.79 Å². The van der Waals surface area contributed by atoms with Gasteiger partial charge in [-0.3, -0.25) is 4.57 Å². The summed E-state index contributed by atoms with van der Waals surface area (Å²) in [6.07, 6.45) is 16.1. The molecule has 3 nitrogen and oxygen atoms in total. The first-order valence-electron chi connectivity index (χ1n) is 8.17. The second-order valence-electron chi connectivity index (χ2n) is 5.67. The maximum Gasteiger partial charge on any atom is 0.325 e. The van der Waals surface area contributed by atoms with E-state index < -0.39 is 7.60 Å². The molecule has 0 atom stereocenters. The first kappa shape index (κ1) is 20.6. The fraction of sp³-hybridized carbons (Fsp3) is 1.00. The van der Waals surface area contributed by atoms with Crippen molar-refractivity contribution in [1.29, 1.82) is 0 Å². The van der Waals surface area contributed by atoms with E-state index in [1.54, 1.807) is 0 Å². The van der Waals surface area contributed by atoms with Crippen LogP contribution in [0.25, 0.3) is 0 Å². The predicted molar refractivity (Wildman–Crippen MR) is 90.7 cm³/mol. The molecular formula is C15H32BrO3P. The number of alkyl halides is 1. The molecule has 0 heterocycles. The molecule has 0 unspecified atom stereocenters. The zero-order valence-electron chi connectivity index (χ0n) is 12.7. The van der Waals surface area contributed by atoms with Gasteiger partial charge in [0.25, 0.3) is 0 Å². The molecule has 0 aliphatic rings. The molecular weight excluding hydrogens is 339 g/mol. The second-order valence-corrected chi connectivity index (χ2v) is 8.24. The predicted octanol–water partition coefficient (Wildman–Crippen LogP) is 5.63. The molecule has 0 saturated heterocycles. The van der Waals surface area contributed by atoms with Gasteiger partial charge in [0.1, 0.15) is 0 Å². The molecule has 122 valence electrons. The molecule has 0 aliphatic heterocycles. The average molecular weight is 371 g/mol. The van der Waals surface area contributed by atoms with Crippen LogP contribution in [0, 0.1) is 0 Å². The molecule has 0 bridgehead atoms. The quantitative estimate of drug-likeness (QED) is 0.223. The lowest BCUT2D eigenvalue weighted by Crippen LogP contribution is -1.88. The van der Waals surface area contributed by atoms with Gasteiger partial charge in [-0.25, -0.2) is 0 Å². The van der Waals surface area contributed by atoms with Crippen LogP contribution in [-0.2, 0) is 4.57 Å². The van der Waals surface area contributed by atoms with E-state index in [2.05, 4.69) is 15.9 Å². The van der Waals surface area contributed by atoms with Gasteiger partial charge in [-0.2, -0.15) is 0 Å². The van der Waals surface area contributed by atoms with Crippen molar-refractivity contribution in [3.63, 3.8) is 0 Å². The number of hydrogen-bond donors (Lipinski definition) is 2. The standard InChI is InChI=1S/C15H32BrO3P/c16-14-12-10-8-6-4-2-1-3-5-7-9-11-13-15-20(17,18)19/h1-15H2,(H2,17,18,19). The topological polar surface area (TPSA) is 57.5 Å². The smallest absolute Gasteiger partial charge is 0.324 e. The maximum atomic E-state index is 10.6. The third kappa shape index (κ3) is 18.6. The molecule has 0 aromatic carbocycles. The second kappa shape index (κ2) is 14.6. The number of halogens is 1. The van der Waals surface area contributed by atoms with E-state index in [0.29, 0.717) is 6.42 Å². The van der Waals surface area contributed by atoms with Crippen LogP contribution in [-0.4, -0.2) is 21.3 Å². The van der Waals surface area contributed by atoms with Crippen molar-refractivity contribution >= 4 is 23.5 Å². The highest BCUT2D eigenvalue weighted by atomic mass is 79.9. The highest BCUT2D eigenvalue weighted by molar-refractivity contribution is 9.09. The van der Waals surface area contributed by atoms with Crippen molar-refractivity contribution in [3.8, 4) is 0 Å². The molecule has 0 radical (unpaired) electrons. The Morgan fingerprint density at radius 2 is 0.900 bits per heavy atom. The zero-order chi connectivity index (χ0) is 15.1. The zero-order valence-corrected chi connectivity index (χ0v) is 15.2. The first-order chi connectivity index (χ1) is 9.56. The van der Waals surface area contributed by atoms with Crippen molar-refractivity contribution < 1.29 is 14.4 Å². The Bertz CT molecular complexity index is 243. The van der Waals surface area contributed by atoms with E-state index in [1.807, 2.05) is 0 Å². The maximum absolute atomic E-state index is 10.6. The van der Waals surface area contributed by atoms with E-state index in [9.17, 15) is 4.57 Å². The SMILES string of the molecule is O=P(O)(O)CCCCCCCCCCCCCCCBr. The summed E-state index contributed by atoms with van der Waals surface area (Å²) >= 11 is 3.45. The lowest BCUT2D eigenvalue weighted by Gasteiger charge is -2.04. The fourth-order valence-corrected chi connectivity index (χ4v) is 3.39. The van der Waals surface area contributed by atoms with Gasteiger partial charge in [0, 0.05) is 11.5 Å². The highest BCUT2D eigenvalue weighted by Gasteiger charge is 2.10. The molecule has 20 heavy (non-hydrogen) atoms. The molecule has 0 aromatic heterocycles. The molecule has 0 amide bonds. The summed E-state index contributed by atoms with van der Waals surface area (Å²) < 4.78 is 10.6. The van der Waals surface area contributed by atoms with E-state index >= 15 is 0 Å². The van der Waals surface area contributed by atoms with Crippen molar-refractivity contribution in [2.75, 3.05) is 11.5 Å². The van der Waals surface area contributed by atoms with Gasteiger partial charge in [0.15, 0.2) is 0 Å². The van der Waals surface area contributed by atoms with E-state index in [1.165, 1.54) is 64.2 Å². The van der Waals surface area contributed by atoms with E-state index in [0.717, 1.165) is 18.2 Å². The fourth-order valence-electron chi connectivity index (χ4n) is 2.36. The van der Waals surface area contributed by atoms with Gasteiger partial charge in [-0.15, -0.1) is 0 Å². The number of hydrogen-bond acceptors (Lipinski definition) is 1. The monoisotopic (exact) mass is 370 g/mol. The number of unbranched alkanes of at least 4 members (excludes halogenated alkanes) is 12. The Kier molecular flexibility index (Phi) is 15.0. The minimum absolute atomic E-state index is 0.0576. The molecule has 0 saturated carbocycles. The third-order valence-electron chi connectivity index (χ3n) is 3.58. The number of rotatable bonds is 15. The summed E-state index contributed by atoms with van der Waals surface area (Å²) in [5.41, 5.74) is 0. The summed E-state index contributed by atoms with van der Waals surface area (Å²) in [4.78, 5) is 17.4. The summed E-state index contributed by atoms with van der Waals surface area (Å²) in [5.74, 6) is 0. The Balaban J connectivity index is 3.01. The molecule has 0 aliphatic carbocycles. The van der Waals surface area contributed by atoms with Gasteiger partial charge in [-0.05, 0) is 12.8 Å². The average Bonchev–Trinajstić information content (AvgIpc) is 2.38. The van der Waals surface area contributed by atoms with Crippen molar-refractivity contribution in [2.24, 2.45) is 0 Å². The Morgan fingerprint density at radius 3 is 1.20 bits per heavy atom. The Morgan fingerprint density at radius 1 is 0.600 bits per heavy atom. The molecule has 0 fully saturated rings. The van der Waals surface area contributed by atoms with Crippen molar-refractivity contribution in [3.05, 3.63) is 0 Å². The summed E-state index contributed by atoms with van der Waals surface area (Å²) in [7, 11) is -3.75. The minimum Gasteiger partial charge on any atom is -0.324 e. The molecule has 0 aromatic rings. The largest absolute Gasteiger partial charge is 0.325 e. The van der Waals surface area contributed by atoms with Crippen LogP contribution in [0.2, 0.25) is 0 Å². The lowest BCUT2D eigenvalue weighted by atomic mass is 10.1. The van der Waals surface area contributed by atoms with Gasteiger partial charge in [0.2, 0.25) is 0 Å². The summed E-state index contributed by atoms with van der Waals surface area (Å²) in [5, 5.41) is 1.14. The molecule has 5 heteroatoms. The first-order valence-corrected chi connectivity index (χ1v) is 11.1. The van der Waals surface area contributed by atoms with Crippen LogP contribution in [0.1, 0.15) is 83.5 Å². The van der Waals surface area contributed by atoms with Gasteiger partial charge in [0.05, 0.1) is 0 Å². The highest BCUT2D eigenvalue weighted by Crippen LogP contribution is 2.35. The summed E-state index contributed by atoms with van der Waals surface area (Å²) in [6.45, 7) is 0. The van der Waals surface area contributed by atoms with Crippen LogP contribution in [0.4, 0.5) is 0 Å². The minimum atomic E-state index is -3.75. The van der Waals surface area contributed by atoms with Crippen LogP contribution in [0.3, 0.4) is 0 Å². The van der Waals surface area contributed by atoms with Crippen molar-refractivity contribution in [2.45, 2.75) is 83.5 Å². The van der Waals surface area contributed by atoms with E-state index in [-0.39, 0.29) is 6.16 Å². The normalized spacial score (nSPS) is 11.9. The Labute approximate surface area is 133 Å². The summed E-state index contributed by atoms with van der Waals surface area (Å²) in [6, 6.07) is 0. The van der Waals surface area contributed by atoms with Gasteiger partial charge in [-0.1, -0.05) is 86.6 Å². The van der Waals surface area contributed by atoms with Gasteiger partial charge >= 0.3 is 7.60 Å². The lowest BCUT2D eigenvalue weighted by molar-refractivity contribution is 0.370. The third-order valence-corrected chi connectivity index (χ3v) is 5.04. The molecule has 2 N–H and O–H groups in total. The van der Waals surface area contributed by atoms with Crippen molar-refractivity contribution in [1.82, 2.24) is 0 Å². The van der Waals surface area contributed by atoms with E-state index in [4.69, 9.17) is 9.79 Å². The van der Waals surface area contributed by atoms with Crippen LogP contribution < -0.4 is 0 Å². The Hall–Kier alpha value is 0.630. The molecule has 0 spiro atoms. The molecule has 0 rings (SSSR count).